The van der Waals surface area contributed by atoms with Crippen molar-refractivity contribution in [3.8, 4) is 0 Å². The molecular formula is C17H13N5OS. The second kappa shape index (κ2) is 5.93. The highest BCUT2D eigenvalue weighted by molar-refractivity contribution is 8.18. The zero-order chi connectivity index (χ0) is 16.5. The van der Waals surface area contributed by atoms with Crippen molar-refractivity contribution in [2.24, 2.45) is 12.0 Å². The molecule has 2 aromatic heterocycles. The number of hydrogen-bond acceptors (Lipinski definition) is 5. The van der Waals surface area contributed by atoms with Gasteiger partial charge in [-0.05, 0) is 36.0 Å². The second-order valence-electron chi connectivity index (χ2n) is 5.19. The Morgan fingerprint density at radius 2 is 2.04 bits per heavy atom. The summed E-state index contributed by atoms with van der Waals surface area (Å²) in [7, 11) is 1.93. The van der Waals surface area contributed by atoms with Gasteiger partial charge < -0.3 is 9.88 Å². The lowest BCUT2D eigenvalue weighted by atomic mass is 10.3. The average Bonchev–Trinajstić information content (AvgIpc) is 3.09. The minimum atomic E-state index is -0.179. The molecule has 0 atom stereocenters. The summed E-state index contributed by atoms with van der Waals surface area (Å²) in [5.74, 6) is 1.11. The maximum Gasteiger partial charge on any atom is 0.264 e. The summed E-state index contributed by atoms with van der Waals surface area (Å²) in [6.45, 7) is 0. The van der Waals surface area contributed by atoms with Crippen LogP contribution in [-0.2, 0) is 11.8 Å². The largest absolute Gasteiger partial charge is 0.328 e. The number of rotatable bonds is 2. The fourth-order valence-corrected chi connectivity index (χ4v) is 3.21. The van der Waals surface area contributed by atoms with Gasteiger partial charge in [-0.2, -0.15) is 0 Å². The van der Waals surface area contributed by atoms with Crippen molar-refractivity contribution >= 4 is 45.8 Å². The molecule has 1 aliphatic rings. The molecule has 4 rings (SSSR count). The van der Waals surface area contributed by atoms with Gasteiger partial charge in [0.1, 0.15) is 5.82 Å². The Hall–Kier alpha value is -2.93. The van der Waals surface area contributed by atoms with Gasteiger partial charge in [-0.25, -0.2) is 15.0 Å². The van der Waals surface area contributed by atoms with Crippen LogP contribution in [0, 0.1) is 0 Å². The monoisotopic (exact) mass is 335 g/mol. The average molecular weight is 335 g/mol. The number of imidazole rings is 1. The van der Waals surface area contributed by atoms with E-state index in [1.54, 1.807) is 18.3 Å². The van der Waals surface area contributed by atoms with Crippen LogP contribution >= 0.6 is 11.8 Å². The van der Waals surface area contributed by atoms with Crippen molar-refractivity contribution in [3.05, 3.63) is 59.4 Å². The number of carbonyl (C=O) groups excluding carboxylic acids is 1. The standard InChI is InChI=1S/C17H13N5OS/c1-22-12-7-3-2-6-11(12)19-15(22)10-13-16(23)21-17(24-13)20-14-8-4-5-9-18-14/h2-10H,1H3,(H,18,20,21,23)/b13-10+. The van der Waals surface area contributed by atoms with E-state index in [4.69, 9.17) is 0 Å². The van der Waals surface area contributed by atoms with Crippen molar-refractivity contribution in [2.45, 2.75) is 0 Å². The minimum absolute atomic E-state index is 0.179. The quantitative estimate of drug-likeness (QED) is 0.731. The molecule has 0 radical (unpaired) electrons. The lowest BCUT2D eigenvalue weighted by molar-refractivity contribution is -0.115. The molecule has 24 heavy (non-hydrogen) atoms. The third-order valence-corrected chi connectivity index (χ3v) is 4.51. The fraction of sp³-hybridized carbons (Fsp3) is 0.0588. The molecule has 1 N–H and O–H groups in total. The molecule has 0 unspecified atom stereocenters. The zero-order valence-electron chi connectivity index (χ0n) is 12.8. The van der Waals surface area contributed by atoms with Crippen LogP contribution in [0.15, 0.2) is 58.6 Å². The van der Waals surface area contributed by atoms with Gasteiger partial charge >= 0.3 is 0 Å². The normalized spacial score (nSPS) is 17.8. The topological polar surface area (TPSA) is 72.2 Å². The first kappa shape index (κ1) is 14.6. The summed E-state index contributed by atoms with van der Waals surface area (Å²) in [6, 6.07) is 13.3. The van der Waals surface area contributed by atoms with E-state index >= 15 is 0 Å². The summed E-state index contributed by atoms with van der Waals surface area (Å²) in [5, 5.41) is 3.27. The molecule has 1 aromatic carbocycles. The number of aliphatic imine (C=N–C) groups is 1. The maximum absolute atomic E-state index is 12.2. The number of nitrogens with one attached hydrogen (secondary N) is 1. The molecule has 0 saturated carbocycles. The number of pyridine rings is 1. The van der Waals surface area contributed by atoms with Gasteiger partial charge in [0.2, 0.25) is 0 Å². The molecule has 118 valence electrons. The van der Waals surface area contributed by atoms with E-state index < -0.39 is 0 Å². The number of benzene rings is 1. The zero-order valence-corrected chi connectivity index (χ0v) is 13.6. The molecule has 0 bridgehead atoms. The number of carbonyl (C=O) groups is 1. The van der Waals surface area contributed by atoms with Gasteiger partial charge in [0.05, 0.1) is 15.9 Å². The molecule has 1 fully saturated rings. The highest BCUT2D eigenvalue weighted by atomic mass is 32.2. The Morgan fingerprint density at radius 1 is 1.21 bits per heavy atom. The van der Waals surface area contributed by atoms with E-state index in [0.29, 0.717) is 15.9 Å². The first-order valence-electron chi connectivity index (χ1n) is 7.33. The number of aromatic nitrogens is 3. The minimum Gasteiger partial charge on any atom is -0.328 e. The predicted octanol–water partition coefficient (Wildman–Crippen LogP) is 2.86. The molecule has 6 nitrogen and oxygen atoms in total. The number of thioether (sulfide) groups is 1. The van der Waals surface area contributed by atoms with Crippen molar-refractivity contribution in [2.75, 3.05) is 0 Å². The van der Waals surface area contributed by atoms with E-state index in [1.165, 1.54) is 11.8 Å². The summed E-state index contributed by atoms with van der Waals surface area (Å²) in [5.41, 5.74) is 1.92. The summed E-state index contributed by atoms with van der Waals surface area (Å²) in [4.78, 5) is 25.8. The predicted molar refractivity (Wildman–Crippen MR) is 95.8 cm³/mol. The Bertz CT molecular complexity index is 991. The molecule has 3 heterocycles. The van der Waals surface area contributed by atoms with Crippen LogP contribution in [0.5, 0.6) is 0 Å². The number of aryl methyl sites for hydroxylation is 1. The van der Waals surface area contributed by atoms with E-state index in [9.17, 15) is 4.79 Å². The van der Waals surface area contributed by atoms with Gasteiger partial charge in [-0.3, -0.25) is 4.79 Å². The lowest BCUT2D eigenvalue weighted by Gasteiger charge is -1.97. The van der Waals surface area contributed by atoms with E-state index in [1.807, 2.05) is 48.0 Å². The van der Waals surface area contributed by atoms with Crippen LogP contribution < -0.4 is 5.32 Å². The first-order valence-corrected chi connectivity index (χ1v) is 8.14. The summed E-state index contributed by atoms with van der Waals surface area (Å²) >= 11 is 1.28. The molecule has 0 spiro atoms. The second-order valence-corrected chi connectivity index (χ2v) is 6.22. The highest BCUT2D eigenvalue weighted by Gasteiger charge is 2.24. The Morgan fingerprint density at radius 3 is 2.83 bits per heavy atom. The number of fused-ring (bicyclic) bond motifs is 1. The van der Waals surface area contributed by atoms with Gasteiger partial charge in [-0.1, -0.05) is 18.2 Å². The summed E-state index contributed by atoms with van der Waals surface area (Å²) in [6.07, 6.45) is 3.44. The molecule has 1 amide bonds. The molecule has 1 aliphatic heterocycles. The molecule has 3 aromatic rings. The van der Waals surface area contributed by atoms with E-state index in [0.717, 1.165) is 16.9 Å². The number of amides is 1. The van der Waals surface area contributed by atoms with Gasteiger partial charge in [0.15, 0.2) is 11.0 Å². The third kappa shape index (κ3) is 2.69. The van der Waals surface area contributed by atoms with Gasteiger partial charge in [-0.15, -0.1) is 0 Å². The smallest absolute Gasteiger partial charge is 0.264 e. The molecule has 0 aliphatic carbocycles. The Balaban J connectivity index is 1.66. The highest BCUT2D eigenvalue weighted by Crippen LogP contribution is 2.28. The molecule has 1 saturated heterocycles. The number of amidine groups is 1. The van der Waals surface area contributed by atoms with Crippen LogP contribution in [0.2, 0.25) is 0 Å². The van der Waals surface area contributed by atoms with Crippen molar-refractivity contribution in [1.82, 2.24) is 19.9 Å². The SMILES string of the molecule is Cn1c(/C=C2/S/C(=N\c3ccccn3)NC2=O)nc2ccccc21. The first-order chi connectivity index (χ1) is 11.7. The van der Waals surface area contributed by atoms with Crippen molar-refractivity contribution < 1.29 is 4.79 Å². The Labute approximate surface area is 142 Å². The Kier molecular flexibility index (Phi) is 3.62. The van der Waals surface area contributed by atoms with Gasteiger partial charge in [0.25, 0.3) is 5.91 Å². The number of para-hydroxylation sites is 2. The van der Waals surface area contributed by atoms with Crippen LogP contribution in [0.3, 0.4) is 0 Å². The lowest BCUT2D eigenvalue weighted by Crippen LogP contribution is -2.19. The maximum atomic E-state index is 12.2. The summed E-state index contributed by atoms with van der Waals surface area (Å²) < 4.78 is 1.96. The molecule has 7 heteroatoms. The third-order valence-electron chi connectivity index (χ3n) is 3.60. The van der Waals surface area contributed by atoms with Crippen molar-refractivity contribution in [1.29, 1.82) is 0 Å². The fourth-order valence-electron chi connectivity index (χ4n) is 2.41. The van der Waals surface area contributed by atoms with E-state index in [2.05, 4.69) is 20.3 Å². The van der Waals surface area contributed by atoms with Crippen LogP contribution in [-0.4, -0.2) is 25.6 Å². The van der Waals surface area contributed by atoms with Crippen LogP contribution in [0.4, 0.5) is 5.82 Å². The van der Waals surface area contributed by atoms with Crippen LogP contribution in [0.1, 0.15) is 5.82 Å². The van der Waals surface area contributed by atoms with Crippen molar-refractivity contribution in [3.63, 3.8) is 0 Å². The van der Waals surface area contributed by atoms with E-state index in [-0.39, 0.29) is 5.91 Å². The van der Waals surface area contributed by atoms with Crippen LogP contribution in [0.25, 0.3) is 17.1 Å². The number of nitrogens with zero attached hydrogens (tertiary/aromatic N) is 4. The van der Waals surface area contributed by atoms with Gasteiger partial charge in [0, 0.05) is 19.3 Å². The molecular weight excluding hydrogens is 322 g/mol. The number of hydrogen-bond donors (Lipinski definition) is 1.